The molecule has 0 spiro atoms. The average molecular weight is 353 g/mol. The van der Waals surface area contributed by atoms with E-state index in [0.717, 1.165) is 18.9 Å². The Hall–Kier alpha value is -1.98. The van der Waals surface area contributed by atoms with Crippen LogP contribution in [0, 0.1) is 0 Å². The lowest BCUT2D eigenvalue weighted by atomic mass is 9.99. The van der Waals surface area contributed by atoms with Crippen molar-refractivity contribution in [2.75, 3.05) is 0 Å². The average Bonchev–Trinajstić information content (AvgIpc) is 2.50. The van der Waals surface area contributed by atoms with E-state index in [2.05, 4.69) is 0 Å². The second kappa shape index (κ2) is 8.22. The van der Waals surface area contributed by atoms with Gasteiger partial charge in [0.25, 0.3) is 0 Å². The van der Waals surface area contributed by atoms with Gasteiger partial charge in [0.15, 0.2) is 0 Å². The second-order valence-corrected chi connectivity index (χ2v) is 6.16. The first-order valence-electron chi connectivity index (χ1n) is 7.84. The fourth-order valence-electron chi connectivity index (χ4n) is 2.52. The lowest BCUT2D eigenvalue weighted by Crippen LogP contribution is -2.18. The predicted molar refractivity (Wildman–Crippen MR) is 91.5 cm³/mol. The van der Waals surface area contributed by atoms with Crippen LogP contribution in [0.1, 0.15) is 42.1 Å². The summed E-state index contributed by atoms with van der Waals surface area (Å²) in [5, 5.41) is 29.9. The van der Waals surface area contributed by atoms with Gasteiger partial charge in [-0.15, -0.1) is 0 Å². The number of benzene rings is 1. The van der Waals surface area contributed by atoms with E-state index in [4.69, 9.17) is 16.3 Å². The smallest absolute Gasteiger partial charge is 0.342 e. The van der Waals surface area contributed by atoms with Crippen LogP contribution in [0.5, 0.6) is 11.5 Å². The molecule has 1 aliphatic heterocycles. The number of esters is 1. The zero-order valence-corrected chi connectivity index (χ0v) is 14.2. The third-order valence-corrected chi connectivity index (χ3v) is 4.16. The van der Waals surface area contributed by atoms with Crippen LogP contribution in [0.25, 0.3) is 0 Å². The van der Waals surface area contributed by atoms with Gasteiger partial charge in [-0.3, -0.25) is 0 Å². The van der Waals surface area contributed by atoms with E-state index in [1.54, 1.807) is 13.0 Å². The summed E-state index contributed by atoms with van der Waals surface area (Å²) in [4.78, 5) is 12.4. The number of hydrogen-bond acceptors (Lipinski definition) is 5. The molecule has 0 aliphatic carbocycles. The summed E-state index contributed by atoms with van der Waals surface area (Å²) in [5.74, 6) is -1.52. The van der Waals surface area contributed by atoms with E-state index < -0.39 is 17.8 Å². The highest BCUT2D eigenvalue weighted by molar-refractivity contribution is 6.33. The molecule has 1 heterocycles. The molecule has 130 valence electrons. The molecule has 6 heteroatoms. The Balaban J connectivity index is 2.47. The molecule has 0 saturated heterocycles. The molecule has 0 bridgehead atoms. The maximum atomic E-state index is 12.4. The fraction of sp³-hybridized carbons (Fsp3) is 0.389. The number of halogens is 1. The lowest BCUT2D eigenvalue weighted by molar-refractivity contribution is 0.0343. The van der Waals surface area contributed by atoms with Crippen molar-refractivity contribution >= 4 is 17.6 Å². The van der Waals surface area contributed by atoms with Gasteiger partial charge in [-0.25, -0.2) is 4.79 Å². The standard InChI is InChI=1S/C18H21ClO5/c1-11-7-5-3-2-4-6-8-12(20)9-13-16(18(23)24-11)14(21)10-15(22)17(13)19/h3,5-6,8,10-12,20-22H,2,4,7,9H2,1H3/t11-,12?/m0/s1. The molecule has 24 heavy (non-hydrogen) atoms. The summed E-state index contributed by atoms with van der Waals surface area (Å²) in [6.45, 7) is 1.75. The molecule has 1 aromatic carbocycles. The Bertz CT molecular complexity index is 666. The number of rotatable bonds is 0. The van der Waals surface area contributed by atoms with E-state index in [-0.39, 0.29) is 34.4 Å². The third-order valence-electron chi connectivity index (χ3n) is 3.74. The van der Waals surface area contributed by atoms with Gasteiger partial charge in [0.05, 0.1) is 11.1 Å². The highest BCUT2D eigenvalue weighted by atomic mass is 35.5. The van der Waals surface area contributed by atoms with Crippen molar-refractivity contribution in [2.24, 2.45) is 0 Å². The van der Waals surface area contributed by atoms with Gasteiger partial charge >= 0.3 is 5.97 Å². The Morgan fingerprint density at radius 2 is 1.88 bits per heavy atom. The molecule has 3 N–H and O–H groups in total. The Morgan fingerprint density at radius 3 is 2.62 bits per heavy atom. The molecule has 2 rings (SSSR count). The van der Waals surface area contributed by atoms with Gasteiger partial charge in [-0.1, -0.05) is 35.9 Å². The van der Waals surface area contributed by atoms with Gasteiger partial charge in [0, 0.05) is 18.9 Å². The van der Waals surface area contributed by atoms with Crippen molar-refractivity contribution in [3.8, 4) is 11.5 Å². The SMILES string of the molecule is C[C@H]1CC=CCCC=CC(O)Cc2c(Cl)c(O)cc(O)c2C(=O)O1. The zero-order valence-electron chi connectivity index (χ0n) is 13.4. The third kappa shape index (κ3) is 4.52. The Morgan fingerprint density at radius 1 is 1.17 bits per heavy atom. The molecule has 0 aromatic heterocycles. The van der Waals surface area contributed by atoms with E-state index in [0.29, 0.717) is 6.42 Å². The molecule has 1 aliphatic rings. The number of aromatic hydroxyl groups is 2. The molecule has 0 saturated carbocycles. The minimum Gasteiger partial charge on any atom is -0.507 e. The number of carbonyl (C=O) groups is 1. The van der Waals surface area contributed by atoms with Crippen molar-refractivity contribution in [3.63, 3.8) is 0 Å². The quantitative estimate of drug-likeness (QED) is 0.491. The van der Waals surface area contributed by atoms with E-state index in [1.807, 2.05) is 18.2 Å². The van der Waals surface area contributed by atoms with Crippen LogP contribution in [0.3, 0.4) is 0 Å². The summed E-state index contributed by atoms with van der Waals surface area (Å²) in [6, 6.07) is 0.998. The number of fused-ring (bicyclic) bond motifs is 1. The molecule has 2 atom stereocenters. The van der Waals surface area contributed by atoms with Crippen LogP contribution in [-0.4, -0.2) is 33.5 Å². The number of cyclic esters (lactones) is 1. The van der Waals surface area contributed by atoms with Crippen LogP contribution in [0.4, 0.5) is 0 Å². The number of phenolic OH excluding ortho intramolecular Hbond substituents is 2. The molecular weight excluding hydrogens is 332 g/mol. The van der Waals surface area contributed by atoms with E-state index in [1.165, 1.54) is 0 Å². The number of allylic oxidation sites excluding steroid dienone is 2. The largest absolute Gasteiger partial charge is 0.507 e. The van der Waals surface area contributed by atoms with Crippen LogP contribution < -0.4 is 0 Å². The Labute approximate surface area is 145 Å². The second-order valence-electron chi connectivity index (χ2n) is 5.78. The molecule has 0 radical (unpaired) electrons. The monoisotopic (exact) mass is 352 g/mol. The van der Waals surface area contributed by atoms with Crippen molar-refractivity contribution in [1.29, 1.82) is 0 Å². The van der Waals surface area contributed by atoms with Crippen LogP contribution in [-0.2, 0) is 11.2 Å². The molecule has 0 amide bonds. The first-order chi connectivity index (χ1) is 11.4. The van der Waals surface area contributed by atoms with Crippen LogP contribution >= 0.6 is 11.6 Å². The number of ether oxygens (including phenoxy) is 1. The van der Waals surface area contributed by atoms with E-state index >= 15 is 0 Å². The van der Waals surface area contributed by atoms with Crippen LogP contribution in [0.2, 0.25) is 5.02 Å². The van der Waals surface area contributed by atoms with Gasteiger partial charge in [0.1, 0.15) is 23.2 Å². The van der Waals surface area contributed by atoms with Gasteiger partial charge in [0.2, 0.25) is 0 Å². The summed E-state index contributed by atoms with van der Waals surface area (Å²) < 4.78 is 5.34. The first-order valence-corrected chi connectivity index (χ1v) is 8.22. The summed E-state index contributed by atoms with van der Waals surface area (Å²) in [7, 11) is 0. The van der Waals surface area contributed by atoms with Crippen molar-refractivity contribution in [2.45, 2.75) is 44.8 Å². The van der Waals surface area contributed by atoms with Crippen molar-refractivity contribution in [3.05, 3.63) is 46.5 Å². The summed E-state index contributed by atoms with van der Waals surface area (Å²) >= 11 is 6.09. The minimum atomic E-state index is -0.903. The fourth-order valence-corrected chi connectivity index (χ4v) is 2.75. The highest BCUT2D eigenvalue weighted by Crippen LogP contribution is 2.37. The first kappa shape index (κ1) is 18.4. The number of hydrogen-bond donors (Lipinski definition) is 3. The number of aliphatic hydroxyl groups excluding tert-OH is 1. The van der Waals surface area contributed by atoms with Crippen molar-refractivity contribution in [1.82, 2.24) is 0 Å². The summed E-state index contributed by atoms with van der Waals surface area (Å²) in [5.41, 5.74) is 0.0363. The maximum absolute atomic E-state index is 12.4. The van der Waals surface area contributed by atoms with Crippen LogP contribution in [0.15, 0.2) is 30.4 Å². The lowest BCUT2D eigenvalue weighted by Gasteiger charge is -2.18. The molecule has 0 fully saturated rings. The molecule has 1 aromatic rings. The van der Waals surface area contributed by atoms with Gasteiger partial charge < -0.3 is 20.1 Å². The minimum absolute atomic E-state index is 0.0219. The normalized spacial score (nSPS) is 22.5. The molecule has 1 unspecified atom stereocenters. The molecule has 5 nitrogen and oxygen atoms in total. The molecular formula is C18H21ClO5. The van der Waals surface area contributed by atoms with Gasteiger partial charge in [-0.05, 0) is 25.3 Å². The highest BCUT2D eigenvalue weighted by Gasteiger charge is 2.25. The number of phenols is 2. The maximum Gasteiger partial charge on any atom is 0.342 e. The summed E-state index contributed by atoms with van der Waals surface area (Å²) in [6.07, 6.45) is 8.22. The number of aliphatic hydroxyl groups is 1. The predicted octanol–water partition coefficient (Wildman–Crippen LogP) is 3.50. The van der Waals surface area contributed by atoms with Crippen molar-refractivity contribution < 1.29 is 24.9 Å². The topological polar surface area (TPSA) is 87.0 Å². The zero-order chi connectivity index (χ0) is 17.7. The number of carbonyl (C=O) groups excluding carboxylic acids is 1. The van der Waals surface area contributed by atoms with E-state index in [9.17, 15) is 20.1 Å². The van der Waals surface area contributed by atoms with Gasteiger partial charge in [-0.2, -0.15) is 0 Å². The Kier molecular flexibility index (Phi) is 6.29.